The first-order valence-electron chi connectivity index (χ1n) is 7.40. The number of phenols is 2. The Morgan fingerprint density at radius 2 is 2.00 bits per heavy atom. The minimum Gasteiger partial charge on any atom is -0.508 e. The lowest BCUT2D eigenvalue weighted by Crippen LogP contribution is -2.19. The van der Waals surface area contributed by atoms with Crippen LogP contribution in [0.4, 0.5) is 11.4 Å². The standard InChI is InChI=1S/C17H13N3O5S/c1-9-6-11(20(24)25)3-5-13(9)18-17-19-16(23)15(26-17)7-10-2-4-12(21)8-14(10)22/h2-8,21-22H,1H3,(H,18,19,23)/b15-7-. The summed E-state index contributed by atoms with van der Waals surface area (Å²) in [4.78, 5) is 27.0. The van der Waals surface area contributed by atoms with Gasteiger partial charge in [-0.1, -0.05) is 0 Å². The van der Waals surface area contributed by atoms with Crippen LogP contribution < -0.4 is 5.32 Å². The van der Waals surface area contributed by atoms with Gasteiger partial charge in [-0.05, 0) is 48.5 Å². The Balaban J connectivity index is 1.86. The molecule has 1 amide bonds. The molecule has 0 aromatic heterocycles. The molecule has 0 saturated carbocycles. The predicted molar refractivity (Wildman–Crippen MR) is 98.4 cm³/mol. The van der Waals surface area contributed by atoms with Crippen molar-refractivity contribution in [3.8, 4) is 11.5 Å². The van der Waals surface area contributed by atoms with Gasteiger partial charge in [0.15, 0.2) is 5.17 Å². The van der Waals surface area contributed by atoms with E-state index in [0.717, 1.165) is 11.8 Å². The Bertz CT molecular complexity index is 984. The van der Waals surface area contributed by atoms with Gasteiger partial charge in [-0.15, -0.1) is 0 Å². The molecule has 0 unspecified atom stereocenters. The van der Waals surface area contributed by atoms with Gasteiger partial charge >= 0.3 is 0 Å². The van der Waals surface area contributed by atoms with Crippen molar-refractivity contribution >= 4 is 40.3 Å². The molecular formula is C17H13N3O5S. The maximum absolute atomic E-state index is 12.1. The lowest BCUT2D eigenvalue weighted by Gasteiger charge is -2.01. The SMILES string of the molecule is Cc1cc([N+](=O)[O-])ccc1N=C1NC(=O)/C(=C/c2ccc(O)cc2O)S1. The number of nitro benzene ring substituents is 1. The highest BCUT2D eigenvalue weighted by Crippen LogP contribution is 2.32. The van der Waals surface area contributed by atoms with Crippen LogP contribution in [0.2, 0.25) is 0 Å². The van der Waals surface area contributed by atoms with Crippen molar-refractivity contribution in [1.82, 2.24) is 5.32 Å². The molecule has 1 aliphatic rings. The number of non-ortho nitro benzene ring substituents is 1. The first-order chi connectivity index (χ1) is 12.3. The first kappa shape index (κ1) is 17.5. The molecule has 1 fully saturated rings. The fourth-order valence-electron chi connectivity index (χ4n) is 2.26. The number of aliphatic imine (C=N–C) groups is 1. The van der Waals surface area contributed by atoms with Gasteiger partial charge < -0.3 is 15.5 Å². The second-order valence-corrected chi connectivity index (χ2v) is 6.48. The number of aryl methyl sites for hydroxylation is 1. The molecular weight excluding hydrogens is 358 g/mol. The number of carbonyl (C=O) groups is 1. The van der Waals surface area contributed by atoms with Crippen LogP contribution >= 0.6 is 11.8 Å². The van der Waals surface area contributed by atoms with E-state index in [1.165, 1.54) is 42.5 Å². The van der Waals surface area contributed by atoms with Crippen molar-refractivity contribution in [2.45, 2.75) is 6.92 Å². The summed E-state index contributed by atoms with van der Waals surface area (Å²) in [5.41, 5.74) is 1.47. The summed E-state index contributed by atoms with van der Waals surface area (Å²) in [5.74, 6) is -0.604. The minimum atomic E-state index is -0.485. The van der Waals surface area contributed by atoms with Gasteiger partial charge in [-0.3, -0.25) is 14.9 Å². The molecule has 0 radical (unpaired) electrons. The van der Waals surface area contributed by atoms with E-state index in [1.807, 2.05) is 0 Å². The third-order valence-electron chi connectivity index (χ3n) is 3.56. The van der Waals surface area contributed by atoms with Crippen LogP contribution in [0.25, 0.3) is 6.08 Å². The molecule has 132 valence electrons. The van der Waals surface area contributed by atoms with Crippen LogP contribution in [0.15, 0.2) is 46.3 Å². The summed E-state index contributed by atoms with van der Waals surface area (Å²) in [6.45, 7) is 1.69. The molecule has 26 heavy (non-hydrogen) atoms. The molecule has 8 nitrogen and oxygen atoms in total. The van der Waals surface area contributed by atoms with E-state index in [0.29, 0.717) is 26.9 Å². The normalized spacial score (nSPS) is 16.9. The Labute approximate surface area is 152 Å². The lowest BCUT2D eigenvalue weighted by atomic mass is 10.2. The van der Waals surface area contributed by atoms with E-state index in [2.05, 4.69) is 10.3 Å². The van der Waals surface area contributed by atoms with Crippen molar-refractivity contribution in [1.29, 1.82) is 0 Å². The van der Waals surface area contributed by atoms with E-state index in [1.54, 1.807) is 6.92 Å². The lowest BCUT2D eigenvalue weighted by molar-refractivity contribution is -0.384. The molecule has 2 aromatic rings. The number of hydrogen-bond donors (Lipinski definition) is 3. The topological polar surface area (TPSA) is 125 Å². The monoisotopic (exact) mass is 371 g/mol. The van der Waals surface area contributed by atoms with E-state index in [-0.39, 0.29) is 23.1 Å². The van der Waals surface area contributed by atoms with E-state index < -0.39 is 4.92 Å². The fourth-order valence-corrected chi connectivity index (χ4v) is 3.09. The fraction of sp³-hybridized carbons (Fsp3) is 0.0588. The summed E-state index contributed by atoms with van der Waals surface area (Å²) < 4.78 is 0. The van der Waals surface area contributed by atoms with Crippen LogP contribution in [-0.2, 0) is 4.79 Å². The zero-order valence-electron chi connectivity index (χ0n) is 13.5. The number of phenolic OH excluding ortho intramolecular Hbond substituents is 2. The summed E-state index contributed by atoms with van der Waals surface area (Å²) in [5, 5.41) is 32.8. The zero-order valence-corrected chi connectivity index (χ0v) is 14.3. The average Bonchev–Trinajstić information content (AvgIpc) is 2.91. The third kappa shape index (κ3) is 3.67. The van der Waals surface area contributed by atoms with Gasteiger partial charge in [-0.2, -0.15) is 0 Å². The van der Waals surface area contributed by atoms with Crippen molar-refractivity contribution < 1.29 is 19.9 Å². The van der Waals surface area contributed by atoms with Crippen LogP contribution in [-0.4, -0.2) is 26.2 Å². The largest absolute Gasteiger partial charge is 0.508 e. The van der Waals surface area contributed by atoms with Crippen LogP contribution in [0.1, 0.15) is 11.1 Å². The number of benzene rings is 2. The third-order valence-corrected chi connectivity index (χ3v) is 4.47. The second kappa shape index (κ2) is 6.89. The molecule has 0 atom stereocenters. The number of rotatable bonds is 3. The van der Waals surface area contributed by atoms with E-state index in [4.69, 9.17) is 0 Å². The number of carbonyl (C=O) groups excluding carboxylic acids is 1. The Kier molecular flexibility index (Phi) is 4.63. The maximum atomic E-state index is 12.1. The molecule has 1 aliphatic heterocycles. The number of amidine groups is 1. The molecule has 0 spiro atoms. The predicted octanol–water partition coefficient (Wildman–Crippen LogP) is 3.21. The minimum absolute atomic E-state index is 0.0297. The highest BCUT2D eigenvalue weighted by Gasteiger charge is 2.24. The van der Waals surface area contributed by atoms with Crippen molar-refractivity contribution in [2.75, 3.05) is 0 Å². The molecule has 3 rings (SSSR count). The van der Waals surface area contributed by atoms with Gasteiger partial charge in [0.25, 0.3) is 11.6 Å². The van der Waals surface area contributed by atoms with Crippen molar-refractivity contribution in [3.63, 3.8) is 0 Å². The van der Waals surface area contributed by atoms with E-state index >= 15 is 0 Å². The molecule has 1 saturated heterocycles. The highest BCUT2D eigenvalue weighted by molar-refractivity contribution is 8.18. The quantitative estimate of drug-likeness (QED) is 0.432. The van der Waals surface area contributed by atoms with Gasteiger partial charge in [0.05, 0.1) is 15.5 Å². The number of nitrogens with zero attached hydrogens (tertiary/aromatic N) is 2. The number of nitrogens with one attached hydrogen (secondary N) is 1. The molecule has 0 aliphatic carbocycles. The van der Waals surface area contributed by atoms with Crippen LogP contribution in [0.3, 0.4) is 0 Å². The molecule has 0 bridgehead atoms. The summed E-state index contributed by atoms with van der Waals surface area (Å²) in [6.07, 6.45) is 1.49. The number of amides is 1. The van der Waals surface area contributed by atoms with Gasteiger partial charge in [-0.25, -0.2) is 4.99 Å². The van der Waals surface area contributed by atoms with Gasteiger partial charge in [0.2, 0.25) is 0 Å². The number of hydrogen-bond acceptors (Lipinski definition) is 7. The van der Waals surface area contributed by atoms with Crippen molar-refractivity contribution in [3.05, 3.63) is 62.5 Å². The molecule has 1 heterocycles. The second-order valence-electron chi connectivity index (χ2n) is 5.45. The summed E-state index contributed by atoms with van der Waals surface area (Å²) >= 11 is 1.08. The maximum Gasteiger partial charge on any atom is 0.269 e. The Morgan fingerprint density at radius 1 is 1.23 bits per heavy atom. The Hall–Kier alpha value is -3.33. The molecule has 3 N–H and O–H groups in total. The first-order valence-corrected chi connectivity index (χ1v) is 8.22. The van der Waals surface area contributed by atoms with Gasteiger partial charge in [0, 0.05) is 23.8 Å². The molecule has 9 heteroatoms. The summed E-state index contributed by atoms with van der Waals surface area (Å²) in [6, 6.07) is 8.34. The number of aromatic hydroxyl groups is 2. The number of thioether (sulfide) groups is 1. The van der Waals surface area contributed by atoms with Crippen molar-refractivity contribution in [2.24, 2.45) is 4.99 Å². The highest BCUT2D eigenvalue weighted by atomic mass is 32.2. The van der Waals surface area contributed by atoms with Crippen LogP contribution in [0, 0.1) is 17.0 Å². The average molecular weight is 371 g/mol. The number of nitro groups is 1. The molecule has 2 aromatic carbocycles. The van der Waals surface area contributed by atoms with Crippen LogP contribution in [0.5, 0.6) is 11.5 Å². The van der Waals surface area contributed by atoms with Gasteiger partial charge in [0.1, 0.15) is 11.5 Å². The Morgan fingerprint density at radius 3 is 2.65 bits per heavy atom. The zero-order chi connectivity index (χ0) is 18.8. The smallest absolute Gasteiger partial charge is 0.269 e. The van der Waals surface area contributed by atoms with E-state index in [9.17, 15) is 25.1 Å². The summed E-state index contributed by atoms with van der Waals surface area (Å²) in [7, 11) is 0.